The highest BCUT2D eigenvalue weighted by Crippen LogP contribution is 2.19. The Labute approximate surface area is 84.1 Å². The molecule has 4 heteroatoms. The van der Waals surface area contributed by atoms with Crippen LogP contribution < -0.4 is 11.1 Å². The molecular formula is C10H17N3O. The molecule has 1 aliphatic heterocycles. The van der Waals surface area contributed by atoms with Crippen LogP contribution in [0.2, 0.25) is 0 Å². The molecule has 0 saturated carbocycles. The Morgan fingerprint density at radius 3 is 2.86 bits per heavy atom. The molecule has 1 unspecified atom stereocenters. The van der Waals surface area contributed by atoms with Gasteiger partial charge in [-0.05, 0) is 12.1 Å². The topological polar surface area (TPSA) is 54.4 Å². The molecule has 4 nitrogen and oxygen atoms in total. The van der Waals surface area contributed by atoms with E-state index in [1.165, 1.54) is 0 Å². The van der Waals surface area contributed by atoms with E-state index in [2.05, 4.69) is 10.2 Å². The standard InChI is InChI=1S/C10H17N3O/c11-8-9(10-2-1-7-14-10)13-5-3-12-4-6-13/h1-2,7,9,12H,3-6,8,11H2. The molecule has 1 atom stereocenters. The van der Waals surface area contributed by atoms with Gasteiger partial charge in [-0.25, -0.2) is 0 Å². The Balaban J connectivity index is 2.04. The molecule has 1 aromatic rings. The third-order valence-corrected chi connectivity index (χ3v) is 2.69. The Morgan fingerprint density at radius 1 is 1.50 bits per heavy atom. The summed E-state index contributed by atoms with van der Waals surface area (Å²) in [5, 5.41) is 3.33. The van der Waals surface area contributed by atoms with Crippen molar-refractivity contribution in [2.45, 2.75) is 6.04 Å². The molecule has 0 spiro atoms. The summed E-state index contributed by atoms with van der Waals surface area (Å²) < 4.78 is 5.40. The molecule has 1 aliphatic rings. The first-order chi connectivity index (χ1) is 6.92. The maximum absolute atomic E-state index is 5.77. The first-order valence-electron chi connectivity index (χ1n) is 5.10. The van der Waals surface area contributed by atoms with Gasteiger partial charge in [-0.3, -0.25) is 4.90 Å². The van der Waals surface area contributed by atoms with Crippen LogP contribution in [0.25, 0.3) is 0 Å². The zero-order valence-corrected chi connectivity index (χ0v) is 8.28. The van der Waals surface area contributed by atoms with Crippen molar-refractivity contribution in [3.8, 4) is 0 Å². The van der Waals surface area contributed by atoms with Crippen LogP contribution >= 0.6 is 0 Å². The Kier molecular flexibility index (Phi) is 3.18. The molecule has 1 fully saturated rings. The van der Waals surface area contributed by atoms with Gasteiger partial charge in [0.05, 0.1) is 12.3 Å². The molecule has 0 radical (unpaired) electrons. The average Bonchev–Trinajstić information content (AvgIpc) is 2.74. The smallest absolute Gasteiger partial charge is 0.122 e. The van der Waals surface area contributed by atoms with Gasteiger partial charge in [-0.1, -0.05) is 0 Å². The van der Waals surface area contributed by atoms with E-state index in [1.807, 2.05) is 12.1 Å². The monoisotopic (exact) mass is 195 g/mol. The summed E-state index contributed by atoms with van der Waals surface area (Å²) in [5.74, 6) is 0.981. The second-order valence-electron chi connectivity index (χ2n) is 3.55. The van der Waals surface area contributed by atoms with Crippen LogP contribution in [0, 0.1) is 0 Å². The molecule has 0 bridgehead atoms. The summed E-state index contributed by atoms with van der Waals surface area (Å²) in [4.78, 5) is 2.37. The highest BCUT2D eigenvalue weighted by atomic mass is 16.3. The van der Waals surface area contributed by atoms with Crippen molar-refractivity contribution in [1.82, 2.24) is 10.2 Å². The van der Waals surface area contributed by atoms with Gasteiger partial charge in [0, 0.05) is 32.7 Å². The minimum absolute atomic E-state index is 0.243. The summed E-state index contributed by atoms with van der Waals surface area (Å²) >= 11 is 0. The van der Waals surface area contributed by atoms with Crippen LogP contribution in [0.1, 0.15) is 11.8 Å². The second kappa shape index (κ2) is 4.59. The maximum atomic E-state index is 5.77. The maximum Gasteiger partial charge on any atom is 0.122 e. The first kappa shape index (κ1) is 9.71. The summed E-state index contributed by atoms with van der Waals surface area (Å²) in [5.41, 5.74) is 5.77. The van der Waals surface area contributed by atoms with Gasteiger partial charge < -0.3 is 15.5 Å². The summed E-state index contributed by atoms with van der Waals surface area (Å²) in [7, 11) is 0. The van der Waals surface area contributed by atoms with Crippen molar-refractivity contribution in [3.05, 3.63) is 24.2 Å². The molecule has 1 saturated heterocycles. The van der Waals surface area contributed by atoms with E-state index in [4.69, 9.17) is 10.2 Å². The average molecular weight is 195 g/mol. The number of rotatable bonds is 3. The fraction of sp³-hybridized carbons (Fsp3) is 0.600. The Hall–Kier alpha value is -0.840. The number of nitrogens with one attached hydrogen (secondary N) is 1. The van der Waals surface area contributed by atoms with Crippen molar-refractivity contribution < 1.29 is 4.42 Å². The summed E-state index contributed by atoms with van der Waals surface area (Å²) in [6, 6.07) is 4.16. The minimum Gasteiger partial charge on any atom is -0.468 e. The van der Waals surface area contributed by atoms with Crippen LogP contribution in [0.4, 0.5) is 0 Å². The van der Waals surface area contributed by atoms with Crippen molar-refractivity contribution in [3.63, 3.8) is 0 Å². The van der Waals surface area contributed by atoms with E-state index in [0.29, 0.717) is 6.54 Å². The van der Waals surface area contributed by atoms with Crippen molar-refractivity contribution in [1.29, 1.82) is 0 Å². The van der Waals surface area contributed by atoms with Crippen molar-refractivity contribution in [2.75, 3.05) is 32.7 Å². The van der Waals surface area contributed by atoms with Crippen LogP contribution in [0.3, 0.4) is 0 Å². The number of piperazine rings is 1. The normalized spacial score (nSPS) is 20.9. The molecule has 0 amide bonds. The molecule has 14 heavy (non-hydrogen) atoms. The lowest BCUT2D eigenvalue weighted by atomic mass is 10.1. The van der Waals surface area contributed by atoms with Gasteiger partial charge in [0.2, 0.25) is 0 Å². The van der Waals surface area contributed by atoms with Gasteiger partial charge in [0.15, 0.2) is 0 Å². The van der Waals surface area contributed by atoms with E-state index >= 15 is 0 Å². The second-order valence-corrected chi connectivity index (χ2v) is 3.55. The fourth-order valence-electron chi connectivity index (χ4n) is 1.92. The predicted octanol–water partition coefficient (Wildman–Crippen LogP) is 0.185. The van der Waals surface area contributed by atoms with E-state index < -0.39 is 0 Å². The number of furan rings is 1. The molecule has 0 aliphatic carbocycles. The Bertz CT molecular complexity index is 254. The summed E-state index contributed by atoms with van der Waals surface area (Å²) in [6.07, 6.45) is 1.71. The SMILES string of the molecule is NCC(c1ccco1)N1CCNCC1. The third-order valence-electron chi connectivity index (χ3n) is 2.69. The van der Waals surface area contributed by atoms with E-state index in [1.54, 1.807) is 6.26 Å². The quantitative estimate of drug-likeness (QED) is 0.722. The summed E-state index contributed by atoms with van der Waals surface area (Å²) in [6.45, 7) is 4.78. The van der Waals surface area contributed by atoms with Gasteiger partial charge in [0.1, 0.15) is 5.76 Å². The lowest BCUT2D eigenvalue weighted by Gasteiger charge is -2.32. The Morgan fingerprint density at radius 2 is 2.29 bits per heavy atom. The van der Waals surface area contributed by atoms with Gasteiger partial charge >= 0.3 is 0 Å². The van der Waals surface area contributed by atoms with E-state index in [0.717, 1.165) is 31.9 Å². The van der Waals surface area contributed by atoms with Crippen LogP contribution in [-0.4, -0.2) is 37.6 Å². The van der Waals surface area contributed by atoms with Gasteiger partial charge in [-0.15, -0.1) is 0 Å². The predicted molar refractivity (Wildman–Crippen MR) is 54.9 cm³/mol. The first-order valence-corrected chi connectivity index (χ1v) is 5.10. The molecule has 2 rings (SSSR count). The lowest BCUT2D eigenvalue weighted by Crippen LogP contribution is -2.46. The minimum atomic E-state index is 0.243. The van der Waals surface area contributed by atoms with E-state index in [-0.39, 0.29) is 6.04 Å². The molecular weight excluding hydrogens is 178 g/mol. The lowest BCUT2D eigenvalue weighted by molar-refractivity contribution is 0.159. The van der Waals surface area contributed by atoms with Crippen LogP contribution in [0.15, 0.2) is 22.8 Å². The number of nitrogens with two attached hydrogens (primary N) is 1. The molecule has 0 aromatic carbocycles. The zero-order valence-electron chi connectivity index (χ0n) is 8.28. The van der Waals surface area contributed by atoms with Gasteiger partial charge in [-0.2, -0.15) is 0 Å². The van der Waals surface area contributed by atoms with Crippen molar-refractivity contribution in [2.24, 2.45) is 5.73 Å². The molecule has 2 heterocycles. The van der Waals surface area contributed by atoms with Crippen LogP contribution in [0.5, 0.6) is 0 Å². The van der Waals surface area contributed by atoms with E-state index in [9.17, 15) is 0 Å². The molecule has 78 valence electrons. The van der Waals surface area contributed by atoms with Gasteiger partial charge in [0.25, 0.3) is 0 Å². The zero-order chi connectivity index (χ0) is 9.80. The molecule has 3 N–H and O–H groups in total. The third kappa shape index (κ3) is 1.97. The largest absolute Gasteiger partial charge is 0.468 e. The number of hydrogen-bond donors (Lipinski definition) is 2. The highest BCUT2D eigenvalue weighted by Gasteiger charge is 2.22. The number of nitrogens with zero attached hydrogens (tertiary/aromatic N) is 1. The molecule has 1 aromatic heterocycles. The fourth-order valence-corrected chi connectivity index (χ4v) is 1.92. The highest BCUT2D eigenvalue weighted by molar-refractivity contribution is 5.05. The van der Waals surface area contributed by atoms with Crippen molar-refractivity contribution >= 4 is 0 Å². The van der Waals surface area contributed by atoms with Crippen LogP contribution in [-0.2, 0) is 0 Å². The number of hydrogen-bond acceptors (Lipinski definition) is 4.